The summed E-state index contributed by atoms with van der Waals surface area (Å²) >= 11 is 1.48. The summed E-state index contributed by atoms with van der Waals surface area (Å²) in [6.07, 6.45) is 0. The third kappa shape index (κ3) is 3.12. The first-order valence-electron chi connectivity index (χ1n) is 7.90. The van der Waals surface area contributed by atoms with Crippen molar-refractivity contribution in [3.05, 3.63) is 71.6 Å². The molecule has 4 aromatic rings. The van der Waals surface area contributed by atoms with Crippen LogP contribution in [0.1, 0.15) is 5.56 Å². The van der Waals surface area contributed by atoms with Gasteiger partial charge in [0.25, 0.3) is 0 Å². The average Bonchev–Trinajstić information content (AvgIpc) is 3.27. The van der Waals surface area contributed by atoms with E-state index in [0.29, 0.717) is 11.7 Å². The Hall–Kier alpha value is -3.12. The maximum absolute atomic E-state index is 7.90. The van der Waals surface area contributed by atoms with Crippen LogP contribution in [-0.4, -0.2) is 15.9 Å². The van der Waals surface area contributed by atoms with E-state index in [-0.39, 0.29) is 5.96 Å². The van der Waals surface area contributed by atoms with Gasteiger partial charge >= 0.3 is 0 Å². The summed E-state index contributed by atoms with van der Waals surface area (Å²) in [7, 11) is 0. The van der Waals surface area contributed by atoms with Gasteiger partial charge in [-0.3, -0.25) is 10.3 Å². The van der Waals surface area contributed by atoms with Crippen molar-refractivity contribution in [1.82, 2.24) is 9.97 Å². The second-order valence-electron chi connectivity index (χ2n) is 5.74. The Morgan fingerprint density at radius 1 is 1.12 bits per heavy atom. The number of guanidine groups is 1. The van der Waals surface area contributed by atoms with Crippen LogP contribution >= 0.6 is 11.3 Å². The Balaban J connectivity index is 1.65. The van der Waals surface area contributed by atoms with Crippen molar-refractivity contribution in [2.45, 2.75) is 6.54 Å². The van der Waals surface area contributed by atoms with E-state index in [1.54, 1.807) is 4.90 Å². The van der Waals surface area contributed by atoms with E-state index in [0.717, 1.165) is 27.9 Å². The summed E-state index contributed by atoms with van der Waals surface area (Å²) in [6, 6.07) is 20.2. The highest BCUT2D eigenvalue weighted by molar-refractivity contribution is 7.14. The number of benzene rings is 2. The summed E-state index contributed by atoms with van der Waals surface area (Å²) in [5, 5.41) is 11.8. The predicted molar refractivity (Wildman–Crippen MR) is 104 cm³/mol. The van der Waals surface area contributed by atoms with Crippen LogP contribution < -0.4 is 10.6 Å². The van der Waals surface area contributed by atoms with Crippen molar-refractivity contribution in [2.75, 3.05) is 4.90 Å². The lowest BCUT2D eigenvalue weighted by Crippen LogP contribution is -2.35. The van der Waals surface area contributed by atoms with Crippen molar-refractivity contribution in [2.24, 2.45) is 5.73 Å². The van der Waals surface area contributed by atoms with Gasteiger partial charge in [0.2, 0.25) is 0 Å². The molecule has 5 nitrogen and oxygen atoms in total. The van der Waals surface area contributed by atoms with Gasteiger partial charge in [-0.05, 0) is 17.7 Å². The molecule has 2 aromatic carbocycles. The lowest BCUT2D eigenvalue weighted by molar-refractivity contribution is 0.976. The Morgan fingerprint density at radius 2 is 1.88 bits per heavy atom. The molecule has 124 valence electrons. The van der Waals surface area contributed by atoms with Crippen LogP contribution in [0.3, 0.4) is 0 Å². The van der Waals surface area contributed by atoms with Crippen molar-refractivity contribution >= 4 is 33.3 Å². The summed E-state index contributed by atoms with van der Waals surface area (Å²) in [4.78, 5) is 9.78. The van der Waals surface area contributed by atoms with Crippen molar-refractivity contribution in [3.8, 4) is 11.4 Å². The van der Waals surface area contributed by atoms with Crippen LogP contribution in [0, 0.1) is 5.41 Å². The van der Waals surface area contributed by atoms with E-state index < -0.39 is 0 Å². The van der Waals surface area contributed by atoms with Gasteiger partial charge in [0, 0.05) is 16.3 Å². The molecule has 4 rings (SSSR count). The van der Waals surface area contributed by atoms with Crippen LogP contribution in [0.2, 0.25) is 0 Å². The third-order valence-corrected chi connectivity index (χ3v) is 4.87. The van der Waals surface area contributed by atoms with Gasteiger partial charge in [-0.1, -0.05) is 48.5 Å². The quantitative estimate of drug-likeness (QED) is 0.382. The highest BCUT2D eigenvalue weighted by Gasteiger charge is 2.16. The minimum absolute atomic E-state index is 0.0126. The maximum atomic E-state index is 7.90. The van der Waals surface area contributed by atoms with E-state index in [9.17, 15) is 0 Å². The molecule has 0 unspecified atom stereocenters. The number of nitrogens with two attached hydrogens (primary N) is 1. The number of fused-ring (bicyclic) bond motifs is 1. The molecule has 2 aromatic heterocycles. The van der Waals surface area contributed by atoms with Gasteiger partial charge in [0.05, 0.1) is 17.9 Å². The number of para-hydroxylation sites is 1. The molecule has 0 saturated heterocycles. The Labute approximate surface area is 149 Å². The van der Waals surface area contributed by atoms with Gasteiger partial charge in [0.1, 0.15) is 0 Å². The Kier molecular flexibility index (Phi) is 3.95. The smallest absolute Gasteiger partial charge is 0.195 e. The lowest BCUT2D eigenvalue weighted by atomic mass is 10.2. The number of rotatable bonds is 4. The topological polar surface area (TPSA) is 81.8 Å². The van der Waals surface area contributed by atoms with Crippen LogP contribution in [0.15, 0.2) is 66.0 Å². The number of thiazole rings is 1. The second-order valence-corrected chi connectivity index (χ2v) is 6.58. The van der Waals surface area contributed by atoms with Crippen LogP contribution in [0.25, 0.3) is 22.3 Å². The van der Waals surface area contributed by atoms with E-state index >= 15 is 0 Å². The first-order valence-corrected chi connectivity index (χ1v) is 8.78. The number of anilines is 1. The Bertz CT molecular complexity index is 985. The molecule has 6 heteroatoms. The number of nitrogens with one attached hydrogen (secondary N) is 2. The number of hydrogen-bond donors (Lipinski definition) is 3. The number of hydrogen-bond acceptors (Lipinski definition) is 3. The summed E-state index contributed by atoms with van der Waals surface area (Å²) < 4.78 is 0. The minimum atomic E-state index is -0.0126. The standard InChI is InChI=1S/C19H17N5S/c20-18(21)24(11-13-6-2-1-3-7-13)19-23-17(12-25-19)16-10-14-8-4-5-9-15(14)22-16/h1-10,12,22H,11H2,(H3,20,21). The van der Waals surface area contributed by atoms with Crippen LogP contribution in [0.5, 0.6) is 0 Å². The molecule has 0 aliphatic carbocycles. The average molecular weight is 347 g/mol. The molecular weight excluding hydrogens is 330 g/mol. The zero-order valence-electron chi connectivity index (χ0n) is 13.4. The lowest BCUT2D eigenvalue weighted by Gasteiger charge is -2.19. The molecule has 0 radical (unpaired) electrons. The summed E-state index contributed by atoms with van der Waals surface area (Å²) in [5.74, 6) is -0.0126. The fourth-order valence-electron chi connectivity index (χ4n) is 2.75. The highest BCUT2D eigenvalue weighted by atomic mass is 32.1. The number of aromatic amines is 1. The summed E-state index contributed by atoms with van der Waals surface area (Å²) in [6.45, 7) is 0.524. The van der Waals surface area contributed by atoms with Crippen LogP contribution in [0.4, 0.5) is 5.13 Å². The molecule has 0 bridgehead atoms. The van der Waals surface area contributed by atoms with E-state index in [1.807, 2.05) is 53.9 Å². The van der Waals surface area contributed by atoms with Crippen molar-refractivity contribution < 1.29 is 0 Å². The van der Waals surface area contributed by atoms with Gasteiger partial charge in [-0.25, -0.2) is 4.98 Å². The molecule has 0 amide bonds. The zero-order valence-corrected chi connectivity index (χ0v) is 14.3. The number of nitrogens with zero attached hydrogens (tertiary/aromatic N) is 2. The molecule has 0 spiro atoms. The van der Waals surface area contributed by atoms with Gasteiger partial charge in [-0.15, -0.1) is 11.3 Å². The fraction of sp³-hybridized carbons (Fsp3) is 0.0526. The second kappa shape index (κ2) is 6.41. The minimum Gasteiger partial charge on any atom is -0.370 e. The first-order chi connectivity index (χ1) is 12.2. The molecule has 25 heavy (non-hydrogen) atoms. The van der Waals surface area contributed by atoms with Gasteiger partial charge < -0.3 is 10.7 Å². The molecule has 0 fully saturated rings. The largest absolute Gasteiger partial charge is 0.370 e. The summed E-state index contributed by atoms with van der Waals surface area (Å²) in [5.41, 5.74) is 9.78. The highest BCUT2D eigenvalue weighted by Crippen LogP contribution is 2.29. The Morgan fingerprint density at radius 3 is 2.64 bits per heavy atom. The first kappa shape index (κ1) is 15.4. The third-order valence-electron chi connectivity index (χ3n) is 4.00. The monoisotopic (exact) mass is 347 g/mol. The molecule has 0 aliphatic heterocycles. The predicted octanol–water partition coefficient (Wildman–Crippen LogP) is 4.19. The molecule has 4 N–H and O–H groups in total. The van der Waals surface area contributed by atoms with Crippen LogP contribution in [-0.2, 0) is 6.54 Å². The number of H-pyrrole nitrogens is 1. The maximum Gasteiger partial charge on any atom is 0.195 e. The van der Waals surface area contributed by atoms with Crippen molar-refractivity contribution in [1.29, 1.82) is 5.41 Å². The molecule has 0 saturated carbocycles. The van der Waals surface area contributed by atoms with Gasteiger partial charge in [-0.2, -0.15) is 0 Å². The zero-order chi connectivity index (χ0) is 17.2. The molecule has 0 atom stereocenters. The number of aromatic nitrogens is 2. The SMILES string of the molecule is N=C(N)N(Cc1ccccc1)c1nc(-c2cc3ccccc3[nH]2)cs1. The fourth-order valence-corrected chi connectivity index (χ4v) is 3.58. The van der Waals surface area contributed by atoms with E-state index in [2.05, 4.69) is 22.1 Å². The van der Waals surface area contributed by atoms with Crippen molar-refractivity contribution in [3.63, 3.8) is 0 Å². The van der Waals surface area contributed by atoms with E-state index in [1.165, 1.54) is 11.3 Å². The molecular formula is C19H17N5S. The van der Waals surface area contributed by atoms with E-state index in [4.69, 9.17) is 11.1 Å². The molecule has 2 heterocycles. The van der Waals surface area contributed by atoms with Gasteiger partial charge in [0.15, 0.2) is 11.1 Å². The molecule has 0 aliphatic rings. The normalized spacial score (nSPS) is 10.9.